The lowest BCUT2D eigenvalue weighted by molar-refractivity contribution is -0.0981. The van der Waals surface area contributed by atoms with Crippen LogP contribution in [0.5, 0.6) is 0 Å². The van der Waals surface area contributed by atoms with Gasteiger partial charge >= 0.3 is 0 Å². The maximum atomic E-state index is 4.13. The second-order valence-corrected chi connectivity index (χ2v) is 10.4. The summed E-state index contributed by atoms with van der Waals surface area (Å²) in [4.78, 5) is 2.96. The Hall–Kier alpha value is -2.42. The highest BCUT2D eigenvalue weighted by Gasteiger charge is 2.54. The highest BCUT2D eigenvalue weighted by molar-refractivity contribution is 5.36. The maximum absolute atomic E-state index is 4.13. The van der Waals surface area contributed by atoms with Crippen LogP contribution in [-0.2, 0) is 6.54 Å². The fourth-order valence-electron chi connectivity index (χ4n) is 7.41. The molecule has 7 rings (SSSR count). The molecule has 3 aliphatic heterocycles. The Morgan fingerprint density at radius 3 is 1.97 bits per heavy atom. The van der Waals surface area contributed by atoms with Gasteiger partial charge in [-0.1, -0.05) is 104 Å². The van der Waals surface area contributed by atoms with Crippen LogP contribution in [0.4, 0.5) is 0 Å². The summed E-state index contributed by atoms with van der Waals surface area (Å²) in [5.74, 6) is 2.04. The van der Waals surface area contributed by atoms with E-state index in [9.17, 15) is 0 Å². The molecule has 4 aliphatic rings. The van der Waals surface area contributed by atoms with Crippen LogP contribution in [0.15, 0.2) is 91.0 Å². The number of fused-ring (bicyclic) bond motifs is 2. The molecule has 1 saturated carbocycles. The Morgan fingerprint density at radius 1 is 0.697 bits per heavy atom. The van der Waals surface area contributed by atoms with Crippen molar-refractivity contribution in [3.8, 4) is 0 Å². The molecular weight excluding hydrogens is 400 g/mol. The van der Waals surface area contributed by atoms with E-state index in [1.807, 2.05) is 0 Å². The van der Waals surface area contributed by atoms with Gasteiger partial charge in [-0.05, 0) is 54.3 Å². The van der Waals surface area contributed by atoms with E-state index in [-0.39, 0.29) is 0 Å². The van der Waals surface area contributed by atoms with Crippen molar-refractivity contribution in [2.24, 2.45) is 11.8 Å². The van der Waals surface area contributed by atoms with Gasteiger partial charge in [0, 0.05) is 30.6 Å². The number of nitrogens with zero attached hydrogens (tertiary/aromatic N) is 1. The second kappa shape index (κ2) is 9.44. The van der Waals surface area contributed by atoms with Crippen molar-refractivity contribution in [3.05, 3.63) is 108 Å². The summed E-state index contributed by atoms with van der Waals surface area (Å²) < 4.78 is 0. The number of hydrogen-bond acceptors (Lipinski definition) is 2. The molecule has 3 aromatic rings. The summed E-state index contributed by atoms with van der Waals surface area (Å²) in [7, 11) is 0. The third-order valence-electron chi connectivity index (χ3n) is 8.73. The van der Waals surface area contributed by atoms with Gasteiger partial charge in [-0.2, -0.15) is 0 Å². The van der Waals surface area contributed by atoms with Gasteiger partial charge in [-0.3, -0.25) is 4.90 Å². The molecule has 2 heteroatoms. The zero-order valence-electron chi connectivity index (χ0n) is 19.5. The van der Waals surface area contributed by atoms with Gasteiger partial charge in [0.15, 0.2) is 0 Å². The van der Waals surface area contributed by atoms with E-state index in [1.54, 1.807) is 0 Å². The van der Waals surface area contributed by atoms with E-state index in [4.69, 9.17) is 0 Å². The monoisotopic (exact) mass is 436 g/mol. The van der Waals surface area contributed by atoms with E-state index < -0.39 is 0 Å². The van der Waals surface area contributed by atoms with Crippen molar-refractivity contribution in [2.75, 3.05) is 6.54 Å². The molecule has 1 N–H and O–H groups in total. The lowest BCUT2D eigenvalue weighted by Crippen LogP contribution is -2.71. The number of benzene rings is 3. The Labute approximate surface area is 199 Å². The van der Waals surface area contributed by atoms with Crippen molar-refractivity contribution in [1.29, 1.82) is 0 Å². The van der Waals surface area contributed by atoms with Crippen molar-refractivity contribution in [3.63, 3.8) is 0 Å². The fraction of sp³-hybridized carbons (Fsp3) is 0.419. The van der Waals surface area contributed by atoms with E-state index >= 15 is 0 Å². The summed E-state index contributed by atoms with van der Waals surface area (Å²) in [5.41, 5.74) is 4.31. The molecule has 0 radical (unpaired) electrons. The number of piperidine rings is 3. The van der Waals surface area contributed by atoms with Crippen molar-refractivity contribution in [2.45, 2.75) is 62.7 Å². The smallest absolute Gasteiger partial charge is 0.0364 e. The Bertz CT molecular complexity index is 979. The SMILES string of the molecule is c1ccc(CNC2C3CCN(C4CCCCC34)[C@H]2C(c2ccccc2)c2ccccc2)cc1. The van der Waals surface area contributed by atoms with Gasteiger partial charge in [-0.15, -0.1) is 0 Å². The van der Waals surface area contributed by atoms with Gasteiger partial charge in [0.2, 0.25) is 0 Å². The quantitative estimate of drug-likeness (QED) is 0.492. The van der Waals surface area contributed by atoms with E-state index in [0.29, 0.717) is 18.0 Å². The Morgan fingerprint density at radius 2 is 1.30 bits per heavy atom. The highest BCUT2D eigenvalue weighted by atomic mass is 15.3. The van der Waals surface area contributed by atoms with Gasteiger partial charge in [-0.25, -0.2) is 0 Å². The van der Waals surface area contributed by atoms with E-state index in [2.05, 4.69) is 101 Å². The molecule has 170 valence electrons. The van der Waals surface area contributed by atoms with E-state index in [0.717, 1.165) is 24.4 Å². The van der Waals surface area contributed by atoms with Crippen LogP contribution in [0.2, 0.25) is 0 Å². The lowest BCUT2D eigenvalue weighted by Gasteiger charge is -2.62. The molecule has 6 atom stereocenters. The first-order valence-corrected chi connectivity index (χ1v) is 13.0. The summed E-state index contributed by atoms with van der Waals surface area (Å²) in [6.07, 6.45) is 6.98. The summed E-state index contributed by atoms with van der Waals surface area (Å²) in [5, 5.41) is 4.13. The van der Waals surface area contributed by atoms with Crippen LogP contribution in [-0.4, -0.2) is 29.6 Å². The molecular formula is C31H36N2. The maximum Gasteiger partial charge on any atom is 0.0364 e. The molecule has 4 fully saturated rings. The lowest BCUT2D eigenvalue weighted by atomic mass is 9.60. The first kappa shape index (κ1) is 21.1. The third kappa shape index (κ3) is 4.05. The average molecular weight is 437 g/mol. The minimum absolute atomic E-state index is 0.395. The van der Waals surface area contributed by atoms with Gasteiger partial charge in [0.25, 0.3) is 0 Å². The summed E-state index contributed by atoms with van der Waals surface area (Å²) in [6, 6.07) is 35.4. The van der Waals surface area contributed by atoms with Crippen LogP contribution in [0.3, 0.4) is 0 Å². The summed E-state index contributed by atoms with van der Waals surface area (Å²) >= 11 is 0. The molecule has 3 aromatic carbocycles. The zero-order chi connectivity index (χ0) is 22.0. The van der Waals surface area contributed by atoms with Crippen LogP contribution in [0.25, 0.3) is 0 Å². The van der Waals surface area contributed by atoms with Crippen LogP contribution >= 0.6 is 0 Å². The number of rotatable bonds is 6. The second-order valence-electron chi connectivity index (χ2n) is 10.4. The normalized spacial score (nSPS) is 30.8. The van der Waals surface area contributed by atoms with Crippen LogP contribution < -0.4 is 5.32 Å². The number of hydrogen-bond donors (Lipinski definition) is 1. The largest absolute Gasteiger partial charge is 0.308 e. The van der Waals surface area contributed by atoms with Crippen LogP contribution in [0, 0.1) is 11.8 Å². The molecule has 3 saturated heterocycles. The minimum Gasteiger partial charge on any atom is -0.308 e. The van der Waals surface area contributed by atoms with Crippen molar-refractivity contribution >= 4 is 0 Å². The van der Waals surface area contributed by atoms with Crippen molar-refractivity contribution < 1.29 is 0 Å². The highest BCUT2D eigenvalue weighted by Crippen LogP contribution is 2.51. The predicted molar refractivity (Wildman–Crippen MR) is 136 cm³/mol. The average Bonchev–Trinajstić information content (AvgIpc) is 2.90. The molecule has 2 bridgehead atoms. The van der Waals surface area contributed by atoms with Crippen LogP contribution in [0.1, 0.15) is 54.7 Å². The summed E-state index contributed by atoms with van der Waals surface area (Å²) in [6.45, 7) is 2.22. The molecule has 3 heterocycles. The standard InChI is InChI=1S/C31H36N2/c1-4-12-23(13-5-1)22-32-30-27-20-21-33(28-19-11-10-18-26(27)28)31(30)29(24-14-6-2-7-15-24)25-16-8-3-9-17-25/h1-9,12-17,26-32H,10-11,18-22H2/t26?,27?,28?,30?,31-/m0/s1. The molecule has 0 spiro atoms. The first-order valence-electron chi connectivity index (χ1n) is 13.0. The minimum atomic E-state index is 0.395. The molecule has 0 aromatic heterocycles. The van der Waals surface area contributed by atoms with E-state index in [1.165, 1.54) is 55.3 Å². The Kier molecular flexibility index (Phi) is 6.05. The topological polar surface area (TPSA) is 15.3 Å². The fourth-order valence-corrected chi connectivity index (χ4v) is 7.41. The van der Waals surface area contributed by atoms with Gasteiger partial charge in [0.05, 0.1) is 0 Å². The zero-order valence-corrected chi connectivity index (χ0v) is 19.5. The molecule has 33 heavy (non-hydrogen) atoms. The molecule has 1 aliphatic carbocycles. The molecule has 2 nitrogen and oxygen atoms in total. The molecule has 5 unspecified atom stereocenters. The molecule has 0 amide bonds. The van der Waals surface area contributed by atoms with Gasteiger partial charge < -0.3 is 5.32 Å². The Balaban J connectivity index is 1.41. The number of nitrogens with one attached hydrogen (secondary N) is 1. The van der Waals surface area contributed by atoms with Crippen molar-refractivity contribution in [1.82, 2.24) is 10.2 Å². The first-order chi connectivity index (χ1) is 16.4. The third-order valence-corrected chi connectivity index (χ3v) is 8.73. The van der Waals surface area contributed by atoms with Gasteiger partial charge in [0.1, 0.15) is 0 Å². The predicted octanol–water partition coefficient (Wildman–Crippen LogP) is 6.24.